The summed E-state index contributed by atoms with van der Waals surface area (Å²) in [7, 11) is 0. The lowest BCUT2D eigenvalue weighted by Crippen LogP contribution is -2.39. The van der Waals surface area contributed by atoms with Crippen molar-refractivity contribution < 1.29 is 4.79 Å². The summed E-state index contributed by atoms with van der Waals surface area (Å²) in [6, 6.07) is 0.379. The molecule has 0 aromatic heterocycles. The molecule has 124 valence electrons. The minimum atomic E-state index is 0.0335. The maximum Gasteiger partial charge on any atom is 0.246 e. The Labute approximate surface area is 136 Å². The molecule has 1 N–H and O–H groups in total. The van der Waals surface area contributed by atoms with Crippen LogP contribution in [0.1, 0.15) is 71.1 Å². The van der Waals surface area contributed by atoms with E-state index in [2.05, 4.69) is 24.6 Å². The van der Waals surface area contributed by atoms with Gasteiger partial charge in [-0.05, 0) is 76.0 Å². The molecule has 2 saturated carbocycles. The maximum absolute atomic E-state index is 11.7. The van der Waals surface area contributed by atoms with Gasteiger partial charge in [0.25, 0.3) is 0 Å². The number of nitrogens with one attached hydrogen (secondary N) is 1. The van der Waals surface area contributed by atoms with Crippen LogP contribution < -0.4 is 5.32 Å². The zero-order chi connectivity index (χ0) is 15.9. The fourth-order valence-corrected chi connectivity index (χ4v) is 4.35. The largest absolute Gasteiger partial charge is 0.350 e. The Morgan fingerprint density at radius 2 is 1.59 bits per heavy atom. The molecule has 0 bridgehead atoms. The zero-order valence-electron chi connectivity index (χ0n) is 14.3. The Morgan fingerprint density at radius 1 is 1.05 bits per heavy atom. The predicted molar refractivity (Wildman–Crippen MR) is 93.6 cm³/mol. The molecule has 2 heteroatoms. The molecular formula is C20H33NO. The van der Waals surface area contributed by atoms with Gasteiger partial charge in [0.2, 0.25) is 5.91 Å². The second-order valence-electron chi connectivity index (χ2n) is 7.51. The third kappa shape index (κ3) is 5.00. The SMILES string of the molecule is C=CCCC1CCC(C2CCC(NC(=O)C(=C)C)CC2)CC1. The van der Waals surface area contributed by atoms with E-state index in [0.29, 0.717) is 11.6 Å². The van der Waals surface area contributed by atoms with Crippen molar-refractivity contribution >= 4 is 5.91 Å². The van der Waals surface area contributed by atoms with Gasteiger partial charge < -0.3 is 5.32 Å². The van der Waals surface area contributed by atoms with E-state index in [9.17, 15) is 4.79 Å². The van der Waals surface area contributed by atoms with Crippen LogP contribution in [-0.2, 0) is 4.79 Å². The van der Waals surface area contributed by atoms with Crippen LogP contribution in [0.3, 0.4) is 0 Å². The molecule has 0 heterocycles. The van der Waals surface area contributed by atoms with Crippen LogP contribution >= 0.6 is 0 Å². The number of carbonyl (C=O) groups excluding carboxylic acids is 1. The molecule has 22 heavy (non-hydrogen) atoms. The summed E-state index contributed by atoms with van der Waals surface area (Å²) in [4.78, 5) is 11.7. The van der Waals surface area contributed by atoms with Gasteiger partial charge in [0.1, 0.15) is 0 Å². The van der Waals surface area contributed by atoms with Crippen molar-refractivity contribution in [2.45, 2.75) is 77.2 Å². The van der Waals surface area contributed by atoms with E-state index in [1.54, 1.807) is 6.92 Å². The predicted octanol–water partition coefficient (Wildman–Crippen LogP) is 5.01. The molecule has 0 aromatic rings. The first-order chi connectivity index (χ1) is 10.6. The maximum atomic E-state index is 11.7. The summed E-state index contributed by atoms with van der Waals surface area (Å²) in [6.07, 6.45) is 15.2. The minimum absolute atomic E-state index is 0.0335. The van der Waals surface area contributed by atoms with E-state index in [1.807, 2.05) is 0 Å². The van der Waals surface area contributed by atoms with Crippen LogP contribution in [-0.4, -0.2) is 11.9 Å². The zero-order valence-corrected chi connectivity index (χ0v) is 14.3. The summed E-state index contributed by atoms with van der Waals surface area (Å²) in [6.45, 7) is 9.34. The number of carbonyl (C=O) groups is 1. The van der Waals surface area contributed by atoms with E-state index < -0.39 is 0 Å². The molecule has 2 nitrogen and oxygen atoms in total. The van der Waals surface area contributed by atoms with E-state index >= 15 is 0 Å². The number of hydrogen-bond acceptors (Lipinski definition) is 1. The number of amides is 1. The lowest BCUT2D eigenvalue weighted by molar-refractivity contribution is -0.118. The molecule has 1 amide bonds. The minimum Gasteiger partial charge on any atom is -0.350 e. The summed E-state index contributed by atoms with van der Waals surface area (Å²) in [5.74, 6) is 2.82. The molecule has 0 unspecified atom stereocenters. The van der Waals surface area contributed by atoms with E-state index in [0.717, 1.165) is 30.6 Å². The normalized spacial score (nSPS) is 32.2. The average Bonchev–Trinajstić information content (AvgIpc) is 2.54. The highest BCUT2D eigenvalue weighted by Crippen LogP contribution is 2.41. The van der Waals surface area contributed by atoms with Gasteiger partial charge in [-0.25, -0.2) is 0 Å². The van der Waals surface area contributed by atoms with Crippen LogP contribution in [0.25, 0.3) is 0 Å². The summed E-state index contributed by atoms with van der Waals surface area (Å²) < 4.78 is 0. The molecule has 0 atom stereocenters. The number of allylic oxidation sites excluding steroid dienone is 1. The molecule has 0 spiro atoms. The van der Waals surface area contributed by atoms with Crippen molar-refractivity contribution in [3.8, 4) is 0 Å². The summed E-state index contributed by atoms with van der Waals surface area (Å²) in [5.41, 5.74) is 0.625. The van der Waals surface area contributed by atoms with Gasteiger partial charge in [-0.2, -0.15) is 0 Å². The molecule has 2 aliphatic carbocycles. The standard InChI is InChI=1S/C20H33NO/c1-4-5-6-16-7-9-17(10-8-16)18-11-13-19(14-12-18)21-20(22)15(2)3/h4,16-19H,1-2,5-14H2,3H3,(H,21,22). The van der Waals surface area contributed by atoms with Crippen LogP contribution in [0.15, 0.2) is 24.8 Å². The van der Waals surface area contributed by atoms with Crippen LogP contribution in [0, 0.1) is 17.8 Å². The molecule has 2 fully saturated rings. The van der Waals surface area contributed by atoms with Gasteiger partial charge in [-0.15, -0.1) is 6.58 Å². The van der Waals surface area contributed by atoms with E-state index in [1.165, 1.54) is 51.4 Å². The number of hydrogen-bond donors (Lipinski definition) is 1. The van der Waals surface area contributed by atoms with Crippen LogP contribution in [0.5, 0.6) is 0 Å². The number of rotatable bonds is 6. The second-order valence-corrected chi connectivity index (χ2v) is 7.51. The van der Waals surface area contributed by atoms with Crippen molar-refractivity contribution in [3.05, 3.63) is 24.8 Å². The van der Waals surface area contributed by atoms with Gasteiger partial charge in [0.05, 0.1) is 0 Å². The van der Waals surface area contributed by atoms with Gasteiger partial charge in [0.15, 0.2) is 0 Å². The monoisotopic (exact) mass is 303 g/mol. The van der Waals surface area contributed by atoms with Gasteiger partial charge in [0, 0.05) is 11.6 Å². The lowest BCUT2D eigenvalue weighted by Gasteiger charge is -2.38. The van der Waals surface area contributed by atoms with Crippen molar-refractivity contribution in [2.75, 3.05) is 0 Å². The Bertz CT molecular complexity index is 385. The molecular weight excluding hydrogens is 270 g/mol. The Balaban J connectivity index is 1.68. The summed E-state index contributed by atoms with van der Waals surface area (Å²) in [5, 5.41) is 3.12. The Kier molecular flexibility index (Phi) is 6.72. The first-order valence-corrected chi connectivity index (χ1v) is 9.17. The van der Waals surface area contributed by atoms with Crippen molar-refractivity contribution in [1.82, 2.24) is 5.32 Å². The third-order valence-electron chi connectivity index (χ3n) is 5.83. The van der Waals surface area contributed by atoms with Crippen molar-refractivity contribution in [3.63, 3.8) is 0 Å². The molecule has 0 radical (unpaired) electrons. The fourth-order valence-electron chi connectivity index (χ4n) is 4.35. The van der Waals surface area contributed by atoms with Gasteiger partial charge in [-0.1, -0.05) is 25.5 Å². The van der Waals surface area contributed by atoms with Crippen LogP contribution in [0.4, 0.5) is 0 Å². The molecule has 0 aliphatic heterocycles. The molecule has 0 aromatic carbocycles. The molecule has 2 rings (SSSR count). The summed E-state index contributed by atoms with van der Waals surface area (Å²) >= 11 is 0. The van der Waals surface area contributed by atoms with E-state index in [4.69, 9.17) is 0 Å². The highest BCUT2D eigenvalue weighted by molar-refractivity contribution is 5.92. The fraction of sp³-hybridized carbons (Fsp3) is 0.750. The first kappa shape index (κ1) is 17.3. The Hall–Kier alpha value is -1.05. The Morgan fingerprint density at radius 3 is 2.09 bits per heavy atom. The molecule has 0 saturated heterocycles. The topological polar surface area (TPSA) is 29.1 Å². The second kappa shape index (κ2) is 8.55. The highest BCUT2D eigenvalue weighted by Gasteiger charge is 2.31. The average molecular weight is 303 g/mol. The first-order valence-electron chi connectivity index (χ1n) is 9.17. The quantitative estimate of drug-likeness (QED) is 0.542. The van der Waals surface area contributed by atoms with Crippen molar-refractivity contribution in [1.29, 1.82) is 0 Å². The highest BCUT2D eigenvalue weighted by atomic mass is 16.1. The smallest absolute Gasteiger partial charge is 0.246 e. The lowest BCUT2D eigenvalue weighted by atomic mass is 9.69. The van der Waals surface area contributed by atoms with Crippen LogP contribution in [0.2, 0.25) is 0 Å². The van der Waals surface area contributed by atoms with E-state index in [-0.39, 0.29) is 5.91 Å². The molecule has 2 aliphatic rings. The van der Waals surface area contributed by atoms with Gasteiger partial charge >= 0.3 is 0 Å². The van der Waals surface area contributed by atoms with Gasteiger partial charge in [-0.3, -0.25) is 4.79 Å². The third-order valence-corrected chi connectivity index (χ3v) is 5.83. The van der Waals surface area contributed by atoms with Crippen molar-refractivity contribution in [2.24, 2.45) is 17.8 Å².